The molecular formula is C27H21ClN4O4. The monoisotopic (exact) mass is 500 g/mol. The van der Waals surface area contributed by atoms with E-state index in [1.165, 1.54) is 10.5 Å². The Morgan fingerprint density at radius 2 is 1.83 bits per heavy atom. The Kier molecular flexibility index (Phi) is 7.33. The van der Waals surface area contributed by atoms with Gasteiger partial charge in [0.2, 0.25) is 5.88 Å². The summed E-state index contributed by atoms with van der Waals surface area (Å²) in [5, 5.41) is 12.9. The Bertz CT molecular complexity index is 1550. The number of aryl methyl sites for hydroxylation is 1. The number of carbonyl (C=O) groups excluding carboxylic acids is 1. The molecule has 2 aromatic heterocycles. The summed E-state index contributed by atoms with van der Waals surface area (Å²) in [7, 11) is 0. The Morgan fingerprint density at radius 1 is 1.14 bits per heavy atom. The molecule has 0 atom stereocenters. The highest BCUT2D eigenvalue weighted by molar-refractivity contribution is 6.30. The van der Waals surface area contributed by atoms with Crippen LogP contribution in [0.3, 0.4) is 0 Å². The van der Waals surface area contributed by atoms with Crippen molar-refractivity contribution in [3.8, 4) is 23.4 Å². The van der Waals surface area contributed by atoms with Gasteiger partial charge < -0.3 is 14.8 Å². The predicted octanol–water partition coefficient (Wildman–Crippen LogP) is 5.39. The molecule has 0 fully saturated rings. The van der Waals surface area contributed by atoms with Gasteiger partial charge in [0, 0.05) is 16.9 Å². The van der Waals surface area contributed by atoms with Crippen molar-refractivity contribution in [1.82, 2.24) is 9.38 Å². The predicted molar refractivity (Wildman–Crippen MR) is 138 cm³/mol. The number of hydrogen-bond acceptors (Lipinski definition) is 6. The van der Waals surface area contributed by atoms with Crippen LogP contribution in [-0.2, 0) is 4.79 Å². The van der Waals surface area contributed by atoms with Crippen LogP contribution < -0.4 is 20.3 Å². The van der Waals surface area contributed by atoms with Gasteiger partial charge in [0.25, 0.3) is 11.5 Å². The summed E-state index contributed by atoms with van der Waals surface area (Å²) in [5.74, 6) is 0.309. The van der Waals surface area contributed by atoms with Crippen molar-refractivity contribution in [3.05, 3.63) is 98.9 Å². The van der Waals surface area contributed by atoms with E-state index in [1.54, 1.807) is 60.8 Å². The second kappa shape index (κ2) is 10.8. The highest BCUT2D eigenvalue weighted by atomic mass is 35.5. The molecule has 9 heteroatoms. The fraction of sp³-hybridized carbons (Fsp3) is 0.111. The zero-order valence-corrected chi connectivity index (χ0v) is 20.2. The molecule has 0 aliphatic rings. The highest BCUT2D eigenvalue weighted by Crippen LogP contribution is 2.26. The molecule has 2 heterocycles. The third kappa shape index (κ3) is 5.37. The van der Waals surface area contributed by atoms with Gasteiger partial charge in [0.1, 0.15) is 34.4 Å². The van der Waals surface area contributed by atoms with Gasteiger partial charge in [0.05, 0.1) is 6.61 Å². The summed E-state index contributed by atoms with van der Waals surface area (Å²) in [6, 6.07) is 18.6. The summed E-state index contributed by atoms with van der Waals surface area (Å²) in [6.45, 7) is 4.20. The maximum atomic E-state index is 13.4. The van der Waals surface area contributed by atoms with E-state index in [0.717, 1.165) is 5.56 Å². The molecular weight excluding hydrogens is 480 g/mol. The van der Waals surface area contributed by atoms with E-state index in [4.69, 9.17) is 21.1 Å². The molecule has 1 N–H and O–H groups in total. The van der Waals surface area contributed by atoms with E-state index >= 15 is 0 Å². The highest BCUT2D eigenvalue weighted by Gasteiger charge is 2.18. The summed E-state index contributed by atoms with van der Waals surface area (Å²) < 4.78 is 12.6. The third-order valence-electron chi connectivity index (χ3n) is 5.15. The quantitative estimate of drug-likeness (QED) is 0.269. The number of aromatic nitrogens is 2. The van der Waals surface area contributed by atoms with Crippen LogP contribution in [0.25, 0.3) is 11.7 Å². The molecule has 36 heavy (non-hydrogen) atoms. The van der Waals surface area contributed by atoms with Gasteiger partial charge in [-0.1, -0.05) is 17.7 Å². The number of nitrogens with one attached hydrogen (secondary N) is 1. The number of ether oxygens (including phenoxy) is 2. The minimum Gasteiger partial charge on any atom is -0.494 e. The van der Waals surface area contributed by atoms with Crippen LogP contribution in [0.4, 0.5) is 5.69 Å². The molecule has 4 aromatic rings. The standard InChI is InChI=1S/C27H21ClN4O4/c1-3-35-21-12-8-20(9-13-21)30-25(33)18(16-29)15-23-26(36-22-10-6-19(28)7-11-22)31-24-17(2)5-4-14-32(24)27(23)34/h4-15H,3H2,1-2H3,(H,30,33)/b18-15+. The number of anilines is 1. The fourth-order valence-corrected chi connectivity index (χ4v) is 3.53. The molecule has 8 nitrogen and oxygen atoms in total. The molecule has 0 saturated heterocycles. The molecule has 0 unspecified atom stereocenters. The van der Waals surface area contributed by atoms with Crippen molar-refractivity contribution in [3.63, 3.8) is 0 Å². The number of halogens is 1. The number of nitrogens with zero attached hydrogens (tertiary/aromatic N) is 3. The van der Waals surface area contributed by atoms with Gasteiger partial charge in [-0.2, -0.15) is 10.2 Å². The van der Waals surface area contributed by atoms with E-state index in [9.17, 15) is 14.9 Å². The topological polar surface area (TPSA) is 106 Å². The van der Waals surface area contributed by atoms with Crippen LogP contribution in [0, 0.1) is 18.3 Å². The number of amides is 1. The maximum absolute atomic E-state index is 13.4. The Hall–Kier alpha value is -4.61. The van der Waals surface area contributed by atoms with Crippen LogP contribution >= 0.6 is 11.6 Å². The van der Waals surface area contributed by atoms with Crippen molar-refractivity contribution in [2.24, 2.45) is 0 Å². The van der Waals surface area contributed by atoms with E-state index in [-0.39, 0.29) is 17.0 Å². The minimum atomic E-state index is -0.687. The Labute approximate surface area is 212 Å². The molecule has 0 aliphatic heterocycles. The van der Waals surface area contributed by atoms with Crippen LogP contribution in [0.5, 0.6) is 17.4 Å². The summed E-state index contributed by atoms with van der Waals surface area (Å²) >= 11 is 5.96. The van der Waals surface area contributed by atoms with E-state index < -0.39 is 11.5 Å². The second-order valence-corrected chi connectivity index (χ2v) is 8.09. The lowest BCUT2D eigenvalue weighted by atomic mass is 10.1. The van der Waals surface area contributed by atoms with Crippen molar-refractivity contribution >= 4 is 34.9 Å². The van der Waals surface area contributed by atoms with E-state index in [1.807, 2.05) is 26.0 Å². The first-order chi connectivity index (χ1) is 17.4. The molecule has 0 saturated carbocycles. The molecule has 0 aliphatic carbocycles. The molecule has 180 valence electrons. The number of benzene rings is 2. The van der Waals surface area contributed by atoms with Gasteiger partial charge in [-0.05, 0) is 80.1 Å². The molecule has 4 rings (SSSR count). The van der Waals surface area contributed by atoms with Gasteiger partial charge in [-0.15, -0.1) is 0 Å². The summed E-state index contributed by atoms with van der Waals surface area (Å²) in [6.07, 6.45) is 2.74. The van der Waals surface area contributed by atoms with Crippen LogP contribution in [-0.4, -0.2) is 21.9 Å². The SMILES string of the molecule is CCOc1ccc(NC(=O)/C(C#N)=C/c2c(Oc3ccc(Cl)cc3)nc3c(C)cccn3c2=O)cc1. The van der Waals surface area contributed by atoms with Gasteiger partial charge >= 0.3 is 0 Å². The number of pyridine rings is 1. The molecule has 1 amide bonds. The Morgan fingerprint density at radius 3 is 2.50 bits per heavy atom. The van der Waals surface area contributed by atoms with Gasteiger partial charge in [-0.25, -0.2) is 0 Å². The normalized spacial score (nSPS) is 11.1. The average Bonchev–Trinajstić information content (AvgIpc) is 2.87. The lowest BCUT2D eigenvalue weighted by Gasteiger charge is -2.12. The number of hydrogen-bond donors (Lipinski definition) is 1. The first-order valence-electron chi connectivity index (χ1n) is 11.0. The van der Waals surface area contributed by atoms with Crippen LogP contribution in [0.1, 0.15) is 18.1 Å². The van der Waals surface area contributed by atoms with Crippen molar-refractivity contribution in [2.75, 3.05) is 11.9 Å². The van der Waals surface area contributed by atoms with Crippen LogP contribution in [0.2, 0.25) is 5.02 Å². The second-order valence-electron chi connectivity index (χ2n) is 7.66. The maximum Gasteiger partial charge on any atom is 0.269 e. The number of carbonyl (C=O) groups is 1. The summed E-state index contributed by atoms with van der Waals surface area (Å²) in [4.78, 5) is 30.8. The van der Waals surface area contributed by atoms with E-state index in [2.05, 4.69) is 10.3 Å². The zero-order valence-electron chi connectivity index (χ0n) is 19.5. The van der Waals surface area contributed by atoms with E-state index in [0.29, 0.717) is 34.5 Å². The molecule has 0 bridgehead atoms. The van der Waals surface area contributed by atoms with Gasteiger partial charge in [-0.3, -0.25) is 14.0 Å². The number of fused-ring (bicyclic) bond motifs is 1. The van der Waals surface area contributed by atoms with Crippen molar-refractivity contribution in [2.45, 2.75) is 13.8 Å². The lowest BCUT2D eigenvalue weighted by molar-refractivity contribution is -0.112. The minimum absolute atomic E-state index is 0.0433. The first kappa shape index (κ1) is 24.5. The summed E-state index contributed by atoms with van der Waals surface area (Å²) in [5.41, 5.74) is 0.768. The van der Waals surface area contributed by atoms with Gasteiger partial charge in [0.15, 0.2) is 0 Å². The third-order valence-corrected chi connectivity index (χ3v) is 5.41. The molecule has 2 aromatic carbocycles. The van der Waals surface area contributed by atoms with Crippen molar-refractivity contribution < 1.29 is 14.3 Å². The van der Waals surface area contributed by atoms with Crippen molar-refractivity contribution in [1.29, 1.82) is 5.26 Å². The molecule has 0 spiro atoms. The Balaban J connectivity index is 1.76. The fourth-order valence-electron chi connectivity index (χ4n) is 3.40. The smallest absolute Gasteiger partial charge is 0.269 e. The first-order valence-corrected chi connectivity index (χ1v) is 11.4. The molecule has 0 radical (unpaired) electrons. The van der Waals surface area contributed by atoms with Crippen LogP contribution in [0.15, 0.2) is 77.2 Å². The number of nitriles is 1. The number of rotatable bonds is 7. The largest absolute Gasteiger partial charge is 0.494 e. The lowest BCUT2D eigenvalue weighted by Crippen LogP contribution is -2.20. The zero-order chi connectivity index (χ0) is 25.7. The average molecular weight is 501 g/mol.